The summed E-state index contributed by atoms with van der Waals surface area (Å²) in [6, 6.07) is 13.2. The Balaban J connectivity index is 1.63. The summed E-state index contributed by atoms with van der Waals surface area (Å²) in [5, 5.41) is 0. The first-order valence-electron chi connectivity index (χ1n) is 7.50. The van der Waals surface area contributed by atoms with Crippen LogP contribution in [-0.2, 0) is 0 Å². The van der Waals surface area contributed by atoms with E-state index in [0.717, 1.165) is 13.1 Å². The molecular formula is C17H18N4O2. The Morgan fingerprint density at radius 1 is 0.957 bits per heavy atom. The van der Waals surface area contributed by atoms with Crippen molar-refractivity contribution >= 4 is 17.5 Å². The zero-order valence-corrected chi connectivity index (χ0v) is 12.7. The number of amides is 2. The van der Waals surface area contributed by atoms with Crippen molar-refractivity contribution in [2.75, 3.05) is 31.1 Å². The van der Waals surface area contributed by atoms with Crippen molar-refractivity contribution in [3.63, 3.8) is 0 Å². The summed E-state index contributed by atoms with van der Waals surface area (Å²) in [4.78, 5) is 31.5. The summed E-state index contributed by atoms with van der Waals surface area (Å²) in [6.07, 6.45) is 1.41. The molecule has 3 rings (SSSR count). The van der Waals surface area contributed by atoms with E-state index < -0.39 is 5.91 Å². The largest absolute Gasteiger partial charge is 0.368 e. The van der Waals surface area contributed by atoms with Crippen molar-refractivity contribution in [1.29, 1.82) is 0 Å². The molecule has 0 aliphatic carbocycles. The predicted molar refractivity (Wildman–Crippen MR) is 87.3 cm³/mol. The van der Waals surface area contributed by atoms with E-state index in [0.29, 0.717) is 18.7 Å². The maximum absolute atomic E-state index is 12.5. The number of nitrogens with two attached hydrogens (primary N) is 1. The highest BCUT2D eigenvalue weighted by molar-refractivity contribution is 5.95. The van der Waals surface area contributed by atoms with Crippen LogP contribution in [0, 0.1) is 0 Å². The van der Waals surface area contributed by atoms with Crippen LogP contribution in [0.3, 0.4) is 0 Å². The van der Waals surface area contributed by atoms with Crippen molar-refractivity contribution in [1.82, 2.24) is 9.88 Å². The number of carbonyl (C=O) groups is 2. The van der Waals surface area contributed by atoms with E-state index in [1.807, 2.05) is 18.2 Å². The molecule has 0 radical (unpaired) electrons. The number of para-hydroxylation sites is 1. The third-order valence-electron chi connectivity index (χ3n) is 3.95. The highest BCUT2D eigenvalue weighted by atomic mass is 16.2. The second kappa shape index (κ2) is 6.48. The molecule has 2 heterocycles. The monoisotopic (exact) mass is 310 g/mol. The van der Waals surface area contributed by atoms with E-state index in [1.54, 1.807) is 11.0 Å². The molecule has 118 valence electrons. The lowest BCUT2D eigenvalue weighted by Gasteiger charge is -2.36. The van der Waals surface area contributed by atoms with E-state index >= 15 is 0 Å². The van der Waals surface area contributed by atoms with Crippen molar-refractivity contribution in [3.05, 3.63) is 59.9 Å². The van der Waals surface area contributed by atoms with Crippen LogP contribution in [0.25, 0.3) is 0 Å². The number of primary amides is 1. The molecule has 2 N–H and O–H groups in total. The number of hydrogen-bond acceptors (Lipinski definition) is 4. The Kier molecular flexibility index (Phi) is 4.23. The van der Waals surface area contributed by atoms with Gasteiger partial charge in [-0.15, -0.1) is 0 Å². The van der Waals surface area contributed by atoms with Crippen molar-refractivity contribution in [3.8, 4) is 0 Å². The van der Waals surface area contributed by atoms with Gasteiger partial charge in [-0.1, -0.05) is 18.2 Å². The van der Waals surface area contributed by atoms with Crippen LogP contribution >= 0.6 is 0 Å². The standard InChI is InChI=1S/C17H18N4O2/c18-16(22)15-7-6-13(12-19-15)17(23)21-10-8-20(9-11-21)14-4-2-1-3-5-14/h1-7,12H,8-11H2,(H2,18,22). The lowest BCUT2D eigenvalue weighted by Crippen LogP contribution is -2.48. The number of aromatic nitrogens is 1. The van der Waals surface area contributed by atoms with Gasteiger partial charge in [0.2, 0.25) is 0 Å². The van der Waals surface area contributed by atoms with Gasteiger partial charge in [-0.3, -0.25) is 14.6 Å². The number of pyridine rings is 1. The van der Waals surface area contributed by atoms with E-state index in [2.05, 4.69) is 22.0 Å². The van der Waals surface area contributed by atoms with E-state index in [1.165, 1.54) is 18.0 Å². The minimum atomic E-state index is -0.597. The van der Waals surface area contributed by atoms with E-state index in [-0.39, 0.29) is 11.6 Å². The molecule has 0 saturated carbocycles. The Hall–Kier alpha value is -2.89. The average molecular weight is 310 g/mol. The topological polar surface area (TPSA) is 79.5 Å². The van der Waals surface area contributed by atoms with Crippen LogP contribution in [0.2, 0.25) is 0 Å². The highest BCUT2D eigenvalue weighted by Crippen LogP contribution is 2.16. The third-order valence-corrected chi connectivity index (χ3v) is 3.95. The number of benzene rings is 1. The molecule has 0 bridgehead atoms. The minimum absolute atomic E-state index is 0.0683. The van der Waals surface area contributed by atoms with Crippen LogP contribution in [0.1, 0.15) is 20.8 Å². The number of nitrogens with zero attached hydrogens (tertiary/aromatic N) is 3. The molecule has 6 heteroatoms. The molecule has 6 nitrogen and oxygen atoms in total. The zero-order valence-electron chi connectivity index (χ0n) is 12.7. The van der Waals surface area contributed by atoms with Gasteiger partial charge < -0.3 is 15.5 Å². The SMILES string of the molecule is NC(=O)c1ccc(C(=O)N2CCN(c3ccccc3)CC2)cn1. The third kappa shape index (κ3) is 3.31. The summed E-state index contributed by atoms with van der Waals surface area (Å²) in [7, 11) is 0. The van der Waals surface area contributed by atoms with Gasteiger partial charge in [0.25, 0.3) is 11.8 Å². The predicted octanol–water partition coefficient (Wildman–Crippen LogP) is 1.14. The van der Waals surface area contributed by atoms with Gasteiger partial charge in [-0.25, -0.2) is 0 Å². The molecule has 1 aliphatic rings. The summed E-state index contributed by atoms with van der Waals surface area (Å²) in [5.41, 5.74) is 6.96. The smallest absolute Gasteiger partial charge is 0.267 e. The van der Waals surface area contributed by atoms with Crippen LogP contribution in [0.4, 0.5) is 5.69 Å². The molecule has 1 saturated heterocycles. The first-order chi connectivity index (χ1) is 11.1. The number of piperazine rings is 1. The van der Waals surface area contributed by atoms with Crippen LogP contribution in [-0.4, -0.2) is 47.9 Å². The molecular weight excluding hydrogens is 292 g/mol. The van der Waals surface area contributed by atoms with Gasteiger partial charge in [0, 0.05) is 38.1 Å². The molecule has 0 unspecified atom stereocenters. The van der Waals surface area contributed by atoms with Gasteiger partial charge >= 0.3 is 0 Å². The average Bonchev–Trinajstić information content (AvgIpc) is 2.62. The Morgan fingerprint density at radius 2 is 1.65 bits per heavy atom. The first-order valence-corrected chi connectivity index (χ1v) is 7.50. The minimum Gasteiger partial charge on any atom is -0.368 e. The highest BCUT2D eigenvalue weighted by Gasteiger charge is 2.22. The number of hydrogen-bond donors (Lipinski definition) is 1. The van der Waals surface area contributed by atoms with E-state index in [4.69, 9.17) is 5.73 Å². The Bertz CT molecular complexity index is 692. The summed E-state index contributed by atoms with van der Waals surface area (Å²) >= 11 is 0. The maximum atomic E-state index is 12.5. The number of carbonyl (C=O) groups excluding carboxylic acids is 2. The number of anilines is 1. The molecule has 1 aromatic carbocycles. The van der Waals surface area contributed by atoms with Crippen LogP contribution < -0.4 is 10.6 Å². The Labute approximate surface area is 134 Å². The van der Waals surface area contributed by atoms with Crippen LogP contribution in [0.5, 0.6) is 0 Å². The van der Waals surface area contributed by atoms with Gasteiger partial charge in [0.05, 0.1) is 5.56 Å². The molecule has 2 aromatic rings. The molecule has 1 aliphatic heterocycles. The molecule has 0 spiro atoms. The van der Waals surface area contributed by atoms with Gasteiger partial charge in [-0.2, -0.15) is 0 Å². The Morgan fingerprint density at radius 3 is 2.22 bits per heavy atom. The van der Waals surface area contributed by atoms with Crippen LogP contribution in [0.15, 0.2) is 48.7 Å². The number of rotatable bonds is 3. The fraction of sp³-hybridized carbons (Fsp3) is 0.235. The molecule has 0 atom stereocenters. The van der Waals surface area contributed by atoms with Gasteiger partial charge in [0.1, 0.15) is 5.69 Å². The van der Waals surface area contributed by atoms with E-state index in [9.17, 15) is 9.59 Å². The second-order valence-electron chi connectivity index (χ2n) is 5.41. The molecule has 1 fully saturated rings. The van der Waals surface area contributed by atoms with Gasteiger partial charge in [0.15, 0.2) is 0 Å². The molecule has 2 amide bonds. The second-order valence-corrected chi connectivity index (χ2v) is 5.41. The maximum Gasteiger partial charge on any atom is 0.267 e. The fourth-order valence-electron chi connectivity index (χ4n) is 2.66. The summed E-state index contributed by atoms with van der Waals surface area (Å²) in [5.74, 6) is -0.665. The van der Waals surface area contributed by atoms with Crippen molar-refractivity contribution < 1.29 is 9.59 Å². The van der Waals surface area contributed by atoms with Crippen molar-refractivity contribution in [2.24, 2.45) is 5.73 Å². The normalized spacial score (nSPS) is 14.6. The lowest BCUT2D eigenvalue weighted by molar-refractivity contribution is 0.0745. The lowest BCUT2D eigenvalue weighted by atomic mass is 10.2. The summed E-state index contributed by atoms with van der Waals surface area (Å²) in [6.45, 7) is 2.90. The molecule has 1 aromatic heterocycles. The molecule has 23 heavy (non-hydrogen) atoms. The van der Waals surface area contributed by atoms with Crippen molar-refractivity contribution in [2.45, 2.75) is 0 Å². The fourth-order valence-corrected chi connectivity index (χ4v) is 2.66. The van der Waals surface area contributed by atoms with Gasteiger partial charge in [-0.05, 0) is 24.3 Å². The zero-order chi connectivity index (χ0) is 16.2. The summed E-state index contributed by atoms with van der Waals surface area (Å²) < 4.78 is 0. The quantitative estimate of drug-likeness (QED) is 0.922. The first kappa shape index (κ1) is 15.0.